The third-order valence-electron chi connectivity index (χ3n) is 2.10. The minimum absolute atomic E-state index is 0.487. The highest BCUT2D eigenvalue weighted by Gasteiger charge is 2.07. The third-order valence-corrected chi connectivity index (χ3v) is 2.10. The van der Waals surface area contributed by atoms with Crippen molar-refractivity contribution in [1.29, 1.82) is 0 Å². The third kappa shape index (κ3) is 1.78. The first-order chi connectivity index (χ1) is 5.65. The molecular formula is C9H17N3. The van der Waals surface area contributed by atoms with Crippen molar-refractivity contribution in [3.63, 3.8) is 0 Å². The van der Waals surface area contributed by atoms with E-state index in [1.54, 1.807) is 0 Å². The molecular weight excluding hydrogens is 150 g/mol. The Morgan fingerprint density at radius 1 is 1.58 bits per heavy atom. The molecule has 68 valence electrons. The summed E-state index contributed by atoms with van der Waals surface area (Å²) in [5, 5.41) is 0. The van der Waals surface area contributed by atoms with Crippen LogP contribution in [-0.4, -0.2) is 23.1 Å². The van der Waals surface area contributed by atoms with Crippen molar-refractivity contribution < 1.29 is 0 Å². The summed E-state index contributed by atoms with van der Waals surface area (Å²) < 4.78 is 0. The minimum atomic E-state index is 0.487. The maximum Gasteiger partial charge on any atom is 0.202 e. The Labute approximate surface area is 73.8 Å². The van der Waals surface area contributed by atoms with E-state index in [2.05, 4.69) is 35.6 Å². The number of aromatic amines is 1. The predicted molar refractivity (Wildman–Crippen MR) is 51.5 cm³/mol. The van der Waals surface area contributed by atoms with Crippen LogP contribution in [0.25, 0.3) is 0 Å². The van der Waals surface area contributed by atoms with Crippen molar-refractivity contribution in [2.24, 2.45) is 0 Å². The van der Waals surface area contributed by atoms with Gasteiger partial charge in [-0.1, -0.05) is 6.92 Å². The summed E-state index contributed by atoms with van der Waals surface area (Å²) in [6.07, 6.45) is 2.91. The number of aromatic nitrogens is 2. The van der Waals surface area contributed by atoms with Gasteiger partial charge < -0.3 is 9.88 Å². The summed E-state index contributed by atoms with van der Waals surface area (Å²) in [5.41, 5.74) is 1.19. The fraction of sp³-hybridized carbons (Fsp3) is 0.667. The van der Waals surface area contributed by atoms with Gasteiger partial charge in [0, 0.05) is 18.8 Å². The molecule has 1 N–H and O–H groups in total. The highest BCUT2D eigenvalue weighted by molar-refractivity contribution is 5.30. The van der Waals surface area contributed by atoms with Crippen LogP contribution in [0.3, 0.4) is 0 Å². The van der Waals surface area contributed by atoms with Crippen LogP contribution < -0.4 is 4.90 Å². The van der Waals surface area contributed by atoms with Gasteiger partial charge in [0.05, 0.1) is 6.20 Å². The van der Waals surface area contributed by atoms with Crippen molar-refractivity contribution in [1.82, 2.24) is 9.97 Å². The highest BCUT2D eigenvalue weighted by Crippen LogP contribution is 2.09. The second-order valence-corrected chi connectivity index (χ2v) is 3.29. The molecule has 0 unspecified atom stereocenters. The monoisotopic (exact) mass is 167 g/mol. The fourth-order valence-electron chi connectivity index (χ4n) is 0.951. The number of H-pyrrole nitrogens is 1. The molecule has 0 saturated carbocycles. The molecule has 0 atom stereocenters. The maximum atomic E-state index is 4.28. The zero-order valence-electron chi connectivity index (χ0n) is 8.26. The number of imidazole rings is 1. The molecule has 0 aliphatic heterocycles. The van der Waals surface area contributed by atoms with Gasteiger partial charge in [0.2, 0.25) is 5.95 Å². The maximum absolute atomic E-state index is 4.28. The zero-order valence-corrected chi connectivity index (χ0v) is 8.26. The predicted octanol–water partition coefficient (Wildman–Crippen LogP) is 1.82. The molecule has 12 heavy (non-hydrogen) atoms. The normalized spacial score (nSPS) is 10.8. The van der Waals surface area contributed by atoms with Crippen LogP contribution in [0.1, 0.15) is 26.5 Å². The molecule has 3 heteroatoms. The number of rotatable bonds is 3. The molecule has 3 nitrogen and oxygen atoms in total. The smallest absolute Gasteiger partial charge is 0.202 e. The van der Waals surface area contributed by atoms with Crippen molar-refractivity contribution in [2.75, 3.05) is 11.9 Å². The number of nitrogens with one attached hydrogen (secondary N) is 1. The first kappa shape index (κ1) is 9.10. The lowest BCUT2D eigenvalue weighted by molar-refractivity contribution is 0.733. The molecule has 0 aromatic carbocycles. The van der Waals surface area contributed by atoms with Crippen LogP contribution in [0, 0.1) is 0 Å². The van der Waals surface area contributed by atoms with Crippen molar-refractivity contribution in [3.05, 3.63) is 11.9 Å². The van der Waals surface area contributed by atoms with Crippen LogP contribution in [0.5, 0.6) is 0 Å². The lowest BCUT2D eigenvalue weighted by Gasteiger charge is -2.20. The minimum Gasteiger partial charge on any atom is -0.343 e. The number of anilines is 1. The second-order valence-electron chi connectivity index (χ2n) is 3.29. The Morgan fingerprint density at radius 2 is 2.25 bits per heavy atom. The van der Waals surface area contributed by atoms with E-state index in [1.807, 2.05) is 13.2 Å². The summed E-state index contributed by atoms with van der Waals surface area (Å²) in [4.78, 5) is 9.66. The molecule has 0 aliphatic rings. The van der Waals surface area contributed by atoms with Crippen LogP contribution in [0.2, 0.25) is 0 Å². The molecule has 1 rings (SSSR count). The Bertz CT molecular complexity index is 240. The Balaban J connectivity index is 2.74. The summed E-state index contributed by atoms with van der Waals surface area (Å²) in [6.45, 7) is 6.41. The van der Waals surface area contributed by atoms with Crippen LogP contribution in [0.4, 0.5) is 5.95 Å². The molecule has 0 spiro atoms. The summed E-state index contributed by atoms with van der Waals surface area (Å²) in [5.74, 6) is 0.960. The SMILES string of the molecule is CCc1cnc(N(C)C(C)C)[nH]1. The van der Waals surface area contributed by atoms with Gasteiger partial charge in [-0.25, -0.2) is 4.98 Å². The topological polar surface area (TPSA) is 31.9 Å². The Hall–Kier alpha value is -0.990. The molecule has 0 radical (unpaired) electrons. The average Bonchev–Trinajstić information content (AvgIpc) is 2.50. The molecule has 0 bridgehead atoms. The molecule has 0 aliphatic carbocycles. The Kier molecular flexibility index (Phi) is 2.74. The van der Waals surface area contributed by atoms with Gasteiger partial charge >= 0.3 is 0 Å². The number of hydrogen-bond donors (Lipinski definition) is 1. The number of aryl methyl sites for hydroxylation is 1. The van der Waals surface area contributed by atoms with Gasteiger partial charge in [-0.3, -0.25) is 0 Å². The first-order valence-corrected chi connectivity index (χ1v) is 4.41. The quantitative estimate of drug-likeness (QED) is 0.744. The number of nitrogens with zero attached hydrogens (tertiary/aromatic N) is 2. The highest BCUT2D eigenvalue weighted by atomic mass is 15.3. The van der Waals surface area contributed by atoms with Gasteiger partial charge in [0.25, 0.3) is 0 Å². The lowest BCUT2D eigenvalue weighted by Crippen LogP contribution is -2.26. The van der Waals surface area contributed by atoms with E-state index < -0.39 is 0 Å². The van der Waals surface area contributed by atoms with E-state index in [0.29, 0.717) is 6.04 Å². The largest absolute Gasteiger partial charge is 0.343 e. The van der Waals surface area contributed by atoms with Crippen molar-refractivity contribution >= 4 is 5.95 Å². The molecule has 0 amide bonds. The van der Waals surface area contributed by atoms with E-state index in [-0.39, 0.29) is 0 Å². The van der Waals surface area contributed by atoms with Gasteiger partial charge in [-0.2, -0.15) is 0 Å². The molecule has 1 aromatic heterocycles. The van der Waals surface area contributed by atoms with Crippen LogP contribution >= 0.6 is 0 Å². The average molecular weight is 167 g/mol. The summed E-state index contributed by atoms with van der Waals surface area (Å²) in [7, 11) is 2.04. The van der Waals surface area contributed by atoms with Gasteiger partial charge in [-0.15, -0.1) is 0 Å². The Morgan fingerprint density at radius 3 is 2.67 bits per heavy atom. The van der Waals surface area contributed by atoms with E-state index in [9.17, 15) is 0 Å². The zero-order chi connectivity index (χ0) is 9.14. The molecule has 0 fully saturated rings. The fourth-order valence-corrected chi connectivity index (χ4v) is 0.951. The van der Waals surface area contributed by atoms with Crippen molar-refractivity contribution in [3.8, 4) is 0 Å². The van der Waals surface area contributed by atoms with Gasteiger partial charge in [0.15, 0.2) is 0 Å². The second kappa shape index (κ2) is 3.61. The van der Waals surface area contributed by atoms with E-state index in [4.69, 9.17) is 0 Å². The van der Waals surface area contributed by atoms with E-state index in [0.717, 1.165) is 12.4 Å². The summed E-state index contributed by atoms with van der Waals surface area (Å²) in [6, 6.07) is 0.487. The first-order valence-electron chi connectivity index (χ1n) is 4.41. The van der Waals surface area contributed by atoms with Gasteiger partial charge in [0.1, 0.15) is 0 Å². The molecule has 1 aromatic rings. The van der Waals surface area contributed by atoms with E-state index in [1.165, 1.54) is 5.69 Å². The lowest BCUT2D eigenvalue weighted by atomic mass is 10.4. The van der Waals surface area contributed by atoms with E-state index >= 15 is 0 Å². The molecule has 1 heterocycles. The van der Waals surface area contributed by atoms with Crippen LogP contribution in [0.15, 0.2) is 6.20 Å². The summed E-state index contributed by atoms with van der Waals surface area (Å²) >= 11 is 0. The van der Waals surface area contributed by atoms with Crippen LogP contribution in [-0.2, 0) is 6.42 Å². The molecule has 0 saturated heterocycles. The standard InChI is InChI=1S/C9H17N3/c1-5-8-6-10-9(11-8)12(4)7(2)3/h6-7H,5H2,1-4H3,(H,10,11). The van der Waals surface area contributed by atoms with Gasteiger partial charge in [-0.05, 0) is 20.3 Å². The number of hydrogen-bond acceptors (Lipinski definition) is 2. The van der Waals surface area contributed by atoms with Crippen molar-refractivity contribution in [2.45, 2.75) is 33.2 Å².